The molecule has 0 amide bonds. The Morgan fingerprint density at radius 2 is 1.81 bits per heavy atom. The normalized spacial score (nSPS) is 13.6. The van der Waals surface area contributed by atoms with Gasteiger partial charge in [-0.2, -0.15) is 0 Å². The second-order valence-electron chi connectivity index (χ2n) is 5.05. The van der Waals surface area contributed by atoms with Gasteiger partial charge in [-0.15, -0.1) is 0 Å². The van der Waals surface area contributed by atoms with E-state index in [1.54, 1.807) is 13.8 Å². The summed E-state index contributed by atoms with van der Waals surface area (Å²) in [6.45, 7) is 6.18. The molecule has 0 spiro atoms. The van der Waals surface area contributed by atoms with E-state index in [4.69, 9.17) is 5.73 Å². The molecular weight excluding hydrogens is 200 g/mol. The van der Waals surface area contributed by atoms with Gasteiger partial charge in [-0.25, -0.2) is 0 Å². The number of benzene rings is 1. The van der Waals surface area contributed by atoms with Gasteiger partial charge in [0.05, 0.1) is 5.60 Å². The van der Waals surface area contributed by atoms with Crippen LogP contribution in [-0.2, 0) is 0 Å². The summed E-state index contributed by atoms with van der Waals surface area (Å²) in [5, 5.41) is 9.73. The lowest BCUT2D eigenvalue weighted by atomic mass is 10.1. The van der Waals surface area contributed by atoms with E-state index in [0.29, 0.717) is 6.54 Å². The van der Waals surface area contributed by atoms with Crippen LogP contribution in [0.5, 0.6) is 0 Å². The summed E-state index contributed by atoms with van der Waals surface area (Å²) >= 11 is 0. The first kappa shape index (κ1) is 13.0. The molecule has 1 atom stereocenters. The van der Waals surface area contributed by atoms with Crippen LogP contribution in [0.1, 0.15) is 32.4 Å². The van der Waals surface area contributed by atoms with Gasteiger partial charge in [0.2, 0.25) is 0 Å². The quantitative estimate of drug-likeness (QED) is 0.818. The number of hydrogen-bond acceptors (Lipinski definition) is 3. The first-order valence-corrected chi connectivity index (χ1v) is 5.58. The maximum atomic E-state index is 9.73. The predicted molar refractivity (Wildman–Crippen MR) is 68.6 cm³/mol. The molecule has 3 nitrogen and oxygen atoms in total. The van der Waals surface area contributed by atoms with Gasteiger partial charge >= 0.3 is 0 Å². The molecular formula is C13H22N2O. The molecule has 0 radical (unpaired) electrons. The van der Waals surface area contributed by atoms with Gasteiger partial charge < -0.3 is 15.7 Å². The van der Waals surface area contributed by atoms with Crippen LogP contribution in [-0.4, -0.2) is 24.3 Å². The number of anilines is 1. The zero-order chi connectivity index (χ0) is 12.3. The average molecular weight is 222 g/mol. The molecule has 3 heteroatoms. The topological polar surface area (TPSA) is 49.5 Å². The monoisotopic (exact) mass is 222 g/mol. The van der Waals surface area contributed by atoms with E-state index >= 15 is 0 Å². The SMILES string of the molecule is C[C@@H](N)c1ccc(N(C)CC(C)(C)O)cc1. The fraction of sp³-hybridized carbons (Fsp3) is 0.538. The van der Waals surface area contributed by atoms with Gasteiger partial charge in [-0.3, -0.25) is 0 Å². The van der Waals surface area contributed by atoms with Crippen LogP contribution in [0.2, 0.25) is 0 Å². The molecule has 1 rings (SSSR count). The Morgan fingerprint density at radius 3 is 2.19 bits per heavy atom. The largest absolute Gasteiger partial charge is 0.389 e. The highest BCUT2D eigenvalue weighted by Crippen LogP contribution is 2.18. The first-order chi connectivity index (χ1) is 7.29. The third-order valence-corrected chi connectivity index (χ3v) is 2.48. The maximum Gasteiger partial charge on any atom is 0.0765 e. The van der Waals surface area contributed by atoms with E-state index in [-0.39, 0.29) is 6.04 Å². The minimum Gasteiger partial charge on any atom is -0.389 e. The molecule has 3 N–H and O–H groups in total. The molecule has 0 heterocycles. The zero-order valence-electron chi connectivity index (χ0n) is 10.6. The van der Waals surface area contributed by atoms with Gasteiger partial charge in [-0.1, -0.05) is 12.1 Å². The zero-order valence-corrected chi connectivity index (χ0v) is 10.6. The van der Waals surface area contributed by atoms with Crippen LogP contribution in [0.15, 0.2) is 24.3 Å². The third kappa shape index (κ3) is 3.83. The fourth-order valence-electron chi connectivity index (χ4n) is 1.70. The smallest absolute Gasteiger partial charge is 0.0765 e. The molecule has 0 aliphatic carbocycles. The van der Waals surface area contributed by atoms with Crippen molar-refractivity contribution in [2.24, 2.45) is 5.73 Å². The van der Waals surface area contributed by atoms with Crippen LogP contribution in [0, 0.1) is 0 Å². The van der Waals surface area contributed by atoms with E-state index in [2.05, 4.69) is 0 Å². The van der Waals surface area contributed by atoms with Crippen LogP contribution >= 0.6 is 0 Å². The molecule has 16 heavy (non-hydrogen) atoms. The number of hydrogen-bond donors (Lipinski definition) is 2. The Hall–Kier alpha value is -1.06. The van der Waals surface area contributed by atoms with Gasteiger partial charge in [0.15, 0.2) is 0 Å². The number of likely N-dealkylation sites (N-methyl/N-ethyl adjacent to an activating group) is 1. The van der Waals surface area contributed by atoms with E-state index in [1.807, 2.05) is 43.1 Å². The molecule has 90 valence electrons. The standard InChI is InChI=1S/C13H22N2O/c1-10(14)11-5-7-12(8-6-11)15(4)9-13(2,3)16/h5-8,10,16H,9,14H2,1-4H3/t10-/m1/s1. The Kier molecular flexibility index (Phi) is 3.94. The van der Waals surface area contributed by atoms with Gasteiger partial charge in [0, 0.05) is 25.3 Å². The number of nitrogens with zero attached hydrogens (tertiary/aromatic N) is 1. The molecule has 0 saturated heterocycles. The summed E-state index contributed by atoms with van der Waals surface area (Å²) in [6, 6.07) is 8.19. The predicted octanol–water partition coefficient (Wildman–Crippen LogP) is 1.91. The highest BCUT2D eigenvalue weighted by molar-refractivity contribution is 5.47. The Labute approximate surface area is 97.9 Å². The molecule has 0 saturated carbocycles. The molecule has 0 fully saturated rings. The van der Waals surface area contributed by atoms with Crippen molar-refractivity contribution >= 4 is 5.69 Å². The lowest BCUT2D eigenvalue weighted by Gasteiger charge is -2.27. The summed E-state index contributed by atoms with van der Waals surface area (Å²) in [6.07, 6.45) is 0. The molecule has 0 aliphatic heterocycles. The van der Waals surface area contributed by atoms with E-state index in [9.17, 15) is 5.11 Å². The maximum absolute atomic E-state index is 9.73. The minimum absolute atomic E-state index is 0.0636. The van der Waals surface area contributed by atoms with Crippen molar-refractivity contribution in [3.05, 3.63) is 29.8 Å². The molecule has 0 bridgehead atoms. The highest BCUT2D eigenvalue weighted by Gasteiger charge is 2.15. The summed E-state index contributed by atoms with van der Waals surface area (Å²) in [5.74, 6) is 0. The lowest BCUT2D eigenvalue weighted by Crippen LogP contribution is -2.36. The molecule has 0 aromatic heterocycles. The minimum atomic E-state index is -0.686. The van der Waals surface area contributed by atoms with Gasteiger partial charge in [-0.05, 0) is 38.5 Å². The second kappa shape index (κ2) is 4.85. The first-order valence-electron chi connectivity index (χ1n) is 5.58. The van der Waals surface area contributed by atoms with E-state index in [0.717, 1.165) is 11.3 Å². The summed E-state index contributed by atoms with van der Waals surface area (Å²) in [5.41, 5.74) is 7.32. The van der Waals surface area contributed by atoms with Crippen molar-refractivity contribution in [1.82, 2.24) is 0 Å². The van der Waals surface area contributed by atoms with Crippen LogP contribution < -0.4 is 10.6 Å². The number of aliphatic hydroxyl groups is 1. The Balaban J connectivity index is 2.74. The van der Waals surface area contributed by atoms with Crippen molar-refractivity contribution in [3.8, 4) is 0 Å². The second-order valence-corrected chi connectivity index (χ2v) is 5.05. The van der Waals surface area contributed by atoms with Crippen molar-refractivity contribution in [2.45, 2.75) is 32.4 Å². The molecule has 0 aliphatic rings. The average Bonchev–Trinajstić information content (AvgIpc) is 2.15. The van der Waals surface area contributed by atoms with Crippen LogP contribution in [0.25, 0.3) is 0 Å². The Morgan fingerprint density at radius 1 is 1.31 bits per heavy atom. The van der Waals surface area contributed by atoms with E-state index in [1.165, 1.54) is 0 Å². The molecule has 0 unspecified atom stereocenters. The van der Waals surface area contributed by atoms with Crippen LogP contribution in [0.3, 0.4) is 0 Å². The molecule has 1 aromatic carbocycles. The summed E-state index contributed by atoms with van der Waals surface area (Å²) in [7, 11) is 1.97. The third-order valence-electron chi connectivity index (χ3n) is 2.48. The van der Waals surface area contributed by atoms with Crippen molar-refractivity contribution in [2.75, 3.05) is 18.5 Å². The number of nitrogens with two attached hydrogens (primary N) is 1. The van der Waals surface area contributed by atoms with Crippen molar-refractivity contribution in [3.63, 3.8) is 0 Å². The van der Waals surface area contributed by atoms with Gasteiger partial charge in [0.25, 0.3) is 0 Å². The summed E-state index contributed by atoms with van der Waals surface area (Å²) < 4.78 is 0. The number of rotatable bonds is 4. The fourth-order valence-corrected chi connectivity index (χ4v) is 1.70. The van der Waals surface area contributed by atoms with Crippen molar-refractivity contribution < 1.29 is 5.11 Å². The Bertz CT molecular complexity index is 325. The van der Waals surface area contributed by atoms with Gasteiger partial charge in [0.1, 0.15) is 0 Å². The molecule has 1 aromatic rings. The summed E-state index contributed by atoms with van der Waals surface area (Å²) in [4.78, 5) is 2.03. The lowest BCUT2D eigenvalue weighted by molar-refractivity contribution is 0.0886. The highest BCUT2D eigenvalue weighted by atomic mass is 16.3. The van der Waals surface area contributed by atoms with E-state index < -0.39 is 5.60 Å². The van der Waals surface area contributed by atoms with Crippen LogP contribution in [0.4, 0.5) is 5.69 Å². The van der Waals surface area contributed by atoms with Crippen molar-refractivity contribution in [1.29, 1.82) is 0 Å².